The number of likely N-dealkylation sites (N-methyl/N-ethyl adjacent to an activating group) is 1. The van der Waals surface area contributed by atoms with E-state index in [4.69, 9.17) is 4.42 Å². The number of furan rings is 1. The number of carbonyl (C=O) groups is 3. The second-order valence-corrected chi connectivity index (χ2v) is 7.93. The summed E-state index contributed by atoms with van der Waals surface area (Å²) in [4.78, 5) is 43.7. The van der Waals surface area contributed by atoms with Gasteiger partial charge in [-0.15, -0.1) is 0 Å². The Hall–Kier alpha value is -3.00. The van der Waals surface area contributed by atoms with Crippen molar-refractivity contribution in [3.8, 4) is 0 Å². The lowest BCUT2D eigenvalue weighted by Gasteiger charge is -2.29. The zero-order valence-electron chi connectivity index (χ0n) is 17.4. The molecule has 0 N–H and O–H groups in total. The number of halogens is 1. The molecule has 30 heavy (non-hydrogen) atoms. The molecule has 160 valence electrons. The first kappa shape index (κ1) is 21.7. The highest BCUT2D eigenvalue weighted by molar-refractivity contribution is 6.10. The van der Waals surface area contributed by atoms with Crippen molar-refractivity contribution in [2.45, 2.75) is 24.8 Å². The van der Waals surface area contributed by atoms with E-state index in [0.717, 1.165) is 0 Å². The lowest BCUT2D eigenvalue weighted by atomic mass is 9.75. The maximum atomic E-state index is 14.0. The van der Waals surface area contributed by atoms with E-state index in [1.807, 2.05) is 19.0 Å². The van der Waals surface area contributed by atoms with Gasteiger partial charge in [0, 0.05) is 33.0 Å². The number of hydrogen-bond acceptors (Lipinski definition) is 5. The van der Waals surface area contributed by atoms with Crippen LogP contribution in [-0.2, 0) is 26.3 Å². The highest BCUT2D eigenvalue weighted by Crippen LogP contribution is 2.40. The number of imide groups is 1. The molecule has 2 aromatic rings. The molecule has 1 fully saturated rings. The summed E-state index contributed by atoms with van der Waals surface area (Å²) >= 11 is 0. The van der Waals surface area contributed by atoms with Crippen LogP contribution in [0.15, 0.2) is 47.1 Å². The van der Waals surface area contributed by atoms with E-state index in [0.29, 0.717) is 17.9 Å². The Bertz CT molecular complexity index is 928. The van der Waals surface area contributed by atoms with Gasteiger partial charge in [0.1, 0.15) is 11.6 Å². The van der Waals surface area contributed by atoms with Gasteiger partial charge in [0.15, 0.2) is 0 Å². The Morgan fingerprint density at radius 1 is 1.20 bits per heavy atom. The number of amides is 3. The van der Waals surface area contributed by atoms with Crippen LogP contribution in [0, 0.1) is 5.82 Å². The van der Waals surface area contributed by atoms with Crippen molar-refractivity contribution in [2.24, 2.45) is 0 Å². The summed E-state index contributed by atoms with van der Waals surface area (Å²) in [5.74, 6) is -1.05. The molecule has 3 amide bonds. The van der Waals surface area contributed by atoms with Crippen LogP contribution in [0.25, 0.3) is 0 Å². The largest absolute Gasteiger partial charge is 0.467 e. The number of hydrogen-bond donors (Lipinski definition) is 0. The van der Waals surface area contributed by atoms with Crippen LogP contribution in [0.2, 0.25) is 0 Å². The molecule has 1 atom stereocenters. The number of nitrogens with zero attached hydrogens (tertiary/aromatic N) is 3. The Morgan fingerprint density at radius 2 is 1.97 bits per heavy atom. The topological polar surface area (TPSA) is 74.1 Å². The number of rotatable bonds is 8. The van der Waals surface area contributed by atoms with Gasteiger partial charge in [-0.25, -0.2) is 4.39 Å². The number of carbonyl (C=O) groups excluding carboxylic acids is 3. The average molecular weight is 415 g/mol. The van der Waals surface area contributed by atoms with E-state index >= 15 is 0 Å². The Labute approximate surface area is 175 Å². The van der Waals surface area contributed by atoms with Crippen LogP contribution in [0.5, 0.6) is 0 Å². The van der Waals surface area contributed by atoms with Crippen LogP contribution in [0.4, 0.5) is 4.39 Å². The number of benzene rings is 1. The molecule has 1 saturated heterocycles. The monoisotopic (exact) mass is 415 g/mol. The smallest absolute Gasteiger partial charge is 0.240 e. The second-order valence-electron chi connectivity index (χ2n) is 7.93. The van der Waals surface area contributed by atoms with E-state index in [2.05, 4.69) is 0 Å². The van der Waals surface area contributed by atoms with Crippen LogP contribution < -0.4 is 0 Å². The molecular formula is C22H26FN3O4. The fraction of sp³-hybridized carbons (Fsp3) is 0.409. The van der Waals surface area contributed by atoms with Gasteiger partial charge in [0.2, 0.25) is 17.7 Å². The first-order valence-corrected chi connectivity index (χ1v) is 9.75. The SMILES string of the molecule is CN(C)CCN1C(=O)CC(CC(=O)N(C)Cc2ccco2)(c2cccc(F)c2)C1=O. The molecule has 1 aliphatic heterocycles. The van der Waals surface area contributed by atoms with Crippen LogP contribution in [0.1, 0.15) is 24.2 Å². The predicted molar refractivity (Wildman–Crippen MR) is 108 cm³/mol. The summed E-state index contributed by atoms with van der Waals surface area (Å²) in [6, 6.07) is 9.07. The molecule has 1 aliphatic rings. The summed E-state index contributed by atoms with van der Waals surface area (Å²) < 4.78 is 19.3. The minimum atomic E-state index is -1.42. The third-order valence-electron chi connectivity index (χ3n) is 5.41. The molecule has 8 heteroatoms. The summed E-state index contributed by atoms with van der Waals surface area (Å²) in [5, 5.41) is 0. The minimum Gasteiger partial charge on any atom is -0.467 e. The van der Waals surface area contributed by atoms with Crippen molar-refractivity contribution in [1.82, 2.24) is 14.7 Å². The van der Waals surface area contributed by atoms with E-state index in [1.165, 1.54) is 34.3 Å². The zero-order chi connectivity index (χ0) is 21.9. The standard InChI is InChI=1S/C22H26FN3O4/c1-24(2)9-10-26-20(28)14-22(21(26)29,16-6-4-7-17(23)12-16)13-19(27)25(3)15-18-8-5-11-30-18/h4-8,11-12H,9-10,13-15H2,1-3H3. The summed E-state index contributed by atoms with van der Waals surface area (Å²) in [6.45, 7) is 0.957. The maximum Gasteiger partial charge on any atom is 0.240 e. The lowest BCUT2D eigenvalue weighted by molar-refractivity contribution is -0.142. The van der Waals surface area contributed by atoms with Gasteiger partial charge in [-0.05, 0) is 43.9 Å². The molecule has 0 saturated carbocycles. The van der Waals surface area contributed by atoms with Crippen LogP contribution in [-0.4, -0.2) is 66.7 Å². The van der Waals surface area contributed by atoms with Gasteiger partial charge < -0.3 is 14.2 Å². The lowest BCUT2D eigenvalue weighted by Crippen LogP contribution is -2.44. The molecule has 1 unspecified atom stereocenters. The molecule has 0 radical (unpaired) electrons. The molecule has 2 heterocycles. The predicted octanol–water partition coefficient (Wildman–Crippen LogP) is 2.03. The van der Waals surface area contributed by atoms with Crippen molar-refractivity contribution in [3.63, 3.8) is 0 Å². The molecular weight excluding hydrogens is 389 g/mol. The summed E-state index contributed by atoms with van der Waals surface area (Å²) in [6.07, 6.45) is 1.13. The van der Waals surface area contributed by atoms with Gasteiger partial charge in [0.05, 0.1) is 18.2 Å². The molecule has 0 spiro atoms. The van der Waals surface area contributed by atoms with E-state index in [9.17, 15) is 18.8 Å². The molecule has 0 bridgehead atoms. The molecule has 0 aliphatic carbocycles. The zero-order valence-corrected chi connectivity index (χ0v) is 17.4. The molecule has 1 aromatic carbocycles. The Morgan fingerprint density at radius 3 is 2.60 bits per heavy atom. The third-order valence-corrected chi connectivity index (χ3v) is 5.41. The molecule has 3 rings (SSSR count). The summed E-state index contributed by atoms with van der Waals surface area (Å²) in [5.41, 5.74) is -1.08. The molecule has 1 aromatic heterocycles. The second kappa shape index (κ2) is 8.79. The van der Waals surface area contributed by atoms with Gasteiger partial charge in [-0.3, -0.25) is 19.3 Å². The third kappa shape index (κ3) is 4.43. The van der Waals surface area contributed by atoms with Gasteiger partial charge >= 0.3 is 0 Å². The normalized spacial score (nSPS) is 19.0. The highest BCUT2D eigenvalue weighted by atomic mass is 19.1. The number of likely N-dealkylation sites (tertiary alicyclic amines) is 1. The average Bonchev–Trinajstić information content (AvgIpc) is 3.27. The Kier molecular flexibility index (Phi) is 6.36. The fourth-order valence-corrected chi connectivity index (χ4v) is 3.70. The highest BCUT2D eigenvalue weighted by Gasteiger charge is 2.54. The van der Waals surface area contributed by atoms with E-state index < -0.39 is 17.1 Å². The minimum absolute atomic E-state index is 0.164. The fourth-order valence-electron chi connectivity index (χ4n) is 3.70. The van der Waals surface area contributed by atoms with Gasteiger partial charge in [-0.2, -0.15) is 0 Å². The van der Waals surface area contributed by atoms with E-state index in [1.54, 1.807) is 25.2 Å². The van der Waals surface area contributed by atoms with Crippen LogP contribution in [0.3, 0.4) is 0 Å². The first-order chi connectivity index (χ1) is 14.2. The van der Waals surface area contributed by atoms with Crippen molar-refractivity contribution in [2.75, 3.05) is 34.2 Å². The first-order valence-electron chi connectivity index (χ1n) is 9.75. The van der Waals surface area contributed by atoms with Crippen molar-refractivity contribution < 1.29 is 23.2 Å². The van der Waals surface area contributed by atoms with Crippen LogP contribution >= 0.6 is 0 Å². The maximum absolute atomic E-state index is 14.0. The quantitative estimate of drug-likeness (QED) is 0.617. The molecule has 7 nitrogen and oxygen atoms in total. The summed E-state index contributed by atoms with van der Waals surface area (Å²) in [7, 11) is 5.30. The van der Waals surface area contributed by atoms with Gasteiger partial charge in [-0.1, -0.05) is 12.1 Å². The van der Waals surface area contributed by atoms with Gasteiger partial charge in [0.25, 0.3) is 0 Å². The van der Waals surface area contributed by atoms with Crippen molar-refractivity contribution >= 4 is 17.7 Å². The van der Waals surface area contributed by atoms with Crippen molar-refractivity contribution in [3.05, 3.63) is 59.8 Å². The Balaban J connectivity index is 1.90. The van der Waals surface area contributed by atoms with E-state index in [-0.39, 0.29) is 37.7 Å². The van der Waals surface area contributed by atoms with Crippen molar-refractivity contribution in [1.29, 1.82) is 0 Å².